The number of pyridine rings is 2. The summed E-state index contributed by atoms with van der Waals surface area (Å²) in [5, 5.41) is 11.0. The van der Waals surface area contributed by atoms with Gasteiger partial charge in [0.2, 0.25) is 0 Å². The predicted octanol–water partition coefficient (Wildman–Crippen LogP) is 2.19. The van der Waals surface area contributed by atoms with Gasteiger partial charge in [0.1, 0.15) is 29.8 Å². The van der Waals surface area contributed by atoms with Crippen LogP contribution < -0.4 is 59.5 Å². The van der Waals surface area contributed by atoms with E-state index in [1.165, 1.54) is 41.7 Å². The molecule has 0 spiro atoms. The van der Waals surface area contributed by atoms with E-state index < -0.39 is 6.10 Å². The molecule has 1 aliphatic heterocycles. The zero-order valence-electron chi connectivity index (χ0n) is 43.4. The first-order valence-corrected chi connectivity index (χ1v) is 23.8. The van der Waals surface area contributed by atoms with Crippen molar-refractivity contribution in [2.75, 3.05) is 20.3 Å². The second-order valence-electron chi connectivity index (χ2n) is 16.5. The van der Waals surface area contributed by atoms with E-state index in [9.17, 15) is 28.3 Å². The van der Waals surface area contributed by atoms with Crippen LogP contribution in [0.5, 0.6) is 5.75 Å². The van der Waals surface area contributed by atoms with E-state index in [4.69, 9.17) is 9.47 Å². The fourth-order valence-electron chi connectivity index (χ4n) is 7.24. The number of carbonyl (C=O) groups excluding carboxylic acids is 1. The van der Waals surface area contributed by atoms with Gasteiger partial charge in [0.25, 0.3) is 11.1 Å². The van der Waals surface area contributed by atoms with Gasteiger partial charge in [-0.3, -0.25) is 14.4 Å². The number of hydrogen-bond donors (Lipinski definition) is 1. The summed E-state index contributed by atoms with van der Waals surface area (Å²) >= 11 is 3.21. The zero-order valence-corrected chi connectivity index (χ0v) is 47.9. The number of nitrogens with zero attached hydrogens (tertiary/aromatic N) is 6. The number of imidazole rings is 2. The van der Waals surface area contributed by atoms with Crippen molar-refractivity contribution < 1.29 is 71.8 Å². The van der Waals surface area contributed by atoms with Crippen LogP contribution in [0.1, 0.15) is 103 Å². The summed E-state index contributed by atoms with van der Waals surface area (Å²) in [5.41, 5.74) is 6.38. The number of aromatic nitrogens is 6. The maximum absolute atomic E-state index is 13.3. The van der Waals surface area contributed by atoms with Gasteiger partial charge in [0.05, 0.1) is 59.0 Å². The normalized spacial score (nSPS) is 12.1. The molecule has 0 amide bonds. The van der Waals surface area contributed by atoms with Gasteiger partial charge in [-0.05, 0) is 158 Å². The molecule has 3 atom stereocenters. The van der Waals surface area contributed by atoms with E-state index >= 15 is 0 Å². The summed E-state index contributed by atoms with van der Waals surface area (Å²) < 4.78 is 44.0. The summed E-state index contributed by atoms with van der Waals surface area (Å²) in [5.74, 6) is -0.0573. The number of halogens is 5. The average molecular weight is 1130 g/mol. The van der Waals surface area contributed by atoms with Gasteiger partial charge in [-0.15, -0.1) is 0 Å². The Morgan fingerprint density at radius 2 is 1.19 bits per heavy atom. The summed E-state index contributed by atoms with van der Waals surface area (Å²) in [4.78, 5) is 43.9. The second kappa shape index (κ2) is 34.5. The number of aryl methyl sites for hydroxylation is 2. The van der Waals surface area contributed by atoms with E-state index in [1.807, 2.05) is 87.7 Å². The topological polar surface area (TPSA) is 135 Å². The van der Waals surface area contributed by atoms with Crippen LogP contribution in [0.25, 0.3) is 11.4 Å². The van der Waals surface area contributed by atoms with Gasteiger partial charge in [0.15, 0.2) is 0 Å². The van der Waals surface area contributed by atoms with Crippen molar-refractivity contribution in [1.29, 1.82) is 0 Å². The van der Waals surface area contributed by atoms with E-state index in [0.29, 0.717) is 21.3 Å². The molecule has 19 heteroatoms. The number of aldehydes is 1. The third-order valence-corrected chi connectivity index (χ3v) is 11.7. The molecular weight excluding hydrogens is 1070 g/mol. The number of hydrogen-bond acceptors (Lipinski definition) is 8. The van der Waals surface area contributed by atoms with Crippen LogP contribution in [-0.4, -0.2) is 83.0 Å². The maximum atomic E-state index is 13.3. The first-order valence-electron chi connectivity index (χ1n) is 23.0. The smallest absolute Gasteiger partial charge is 1.00 e. The Morgan fingerprint density at radius 1 is 0.720 bits per heavy atom. The quantitative estimate of drug-likeness (QED) is 0.125. The Morgan fingerprint density at radius 3 is 1.63 bits per heavy atom. The molecule has 1 N–H and O–H groups in total. The molecule has 0 aliphatic carbocycles. The SMILES string of the molecule is C1CCOC1.CC(c1ccc(F)cc1)n1cccc(Br)c1=O.COc1cc(C(O)c2cccn(C(C)c3ccc(F)cc3)c2=O)ccc1-n1cnc(C)c1.C[CH-]C.Cc1cn(-c2ccc(C=O)cc2)cn1.[Cl-].[Cl-].[Li+].[Mg+2]. The Bertz CT molecular complexity index is 3040. The molecule has 75 heavy (non-hydrogen) atoms. The van der Waals surface area contributed by atoms with Crippen LogP contribution in [-0.2, 0) is 4.74 Å². The number of aliphatic hydroxyl groups excluding tert-OH is 1. The maximum Gasteiger partial charge on any atom is 2.00 e. The molecule has 5 heterocycles. The van der Waals surface area contributed by atoms with E-state index in [2.05, 4.69) is 25.9 Å². The van der Waals surface area contributed by atoms with E-state index in [1.54, 1.807) is 110 Å². The van der Waals surface area contributed by atoms with Crippen molar-refractivity contribution in [3.8, 4) is 17.1 Å². The molecule has 4 aromatic carbocycles. The first-order chi connectivity index (χ1) is 34.2. The molecule has 1 aliphatic rings. The summed E-state index contributed by atoms with van der Waals surface area (Å²) in [6, 6.07) is 31.3. The number of rotatable bonds is 10. The molecule has 9 rings (SSSR count). The molecule has 0 radical (unpaired) electrons. The zero-order chi connectivity index (χ0) is 51.5. The minimum absolute atomic E-state index is 0. The largest absolute Gasteiger partial charge is 2.00 e. The standard InChI is InChI=1S/C25H24FN3O3.C13H11BrFNO.C11H10N2O.C4H8O.C3H7.2ClH.Li.Mg/c1-16-14-28(15-27-16)22-11-8-19(13-23(22)32-3)24(30)21-5-4-12-29(25(21)31)17(2)18-6-9-20(26)10-7-18;1-9(10-4-6-11(15)7-5-10)16-8-2-3-12(14)13(16)17;1-9-6-13(8-12-9)11-4-2-10(7-14)3-5-11;1-2-4-5-3-1;1-3-2;;;;/h4-15,17,24,30H,1-3H3;2-9H,1H3;2-8H,1H3;1-4H2;3H,1-2H3;2*1H;;/q;;;;-1;;;+1;+2/p-2. The molecule has 1 saturated heterocycles. The van der Waals surface area contributed by atoms with Crippen LogP contribution in [0.3, 0.4) is 0 Å². The average Bonchev–Trinajstić information content (AvgIpc) is 4.21. The predicted molar refractivity (Wildman–Crippen MR) is 284 cm³/mol. The third kappa shape index (κ3) is 19.8. The Labute approximate surface area is 486 Å². The van der Waals surface area contributed by atoms with Gasteiger partial charge in [-0.25, -0.2) is 18.7 Å². The van der Waals surface area contributed by atoms with Crippen LogP contribution in [0.15, 0.2) is 167 Å². The van der Waals surface area contributed by atoms with Crippen LogP contribution >= 0.6 is 15.9 Å². The van der Waals surface area contributed by atoms with Gasteiger partial charge in [-0.2, -0.15) is 13.8 Å². The van der Waals surface area contributed by atoms with Crippen molar-refractivity contribution >= 4 is 45.3 Å². The van der Waals surface area contributed by atoms with Crippen molar-refractivity contribution in [2.24, 2.45) is 0 Å². The number of benzene rings is 4. The van der Waals surface area contributed by atoms with Gasteiger partial charge in [-0.1, -0.05) is 30.3 Å². The molecule has 388 valence electrons. The molecule has 12 nitrogen and oxygen atoms in total. The van der Waals surface area contributed by atoms with Crippen molar-refractivity contribution in [3.05, 3.63) is 235 Å². The number of ether oxygens (including phenoxy) is 2. The van der Waals surface area contributed by atoms with E-state index in [-0.39, 0.29) is 107 Å². The van der Waals surface area contributed by atoms with Crippen LogP contribution in [0.2, 0.25) is 0 Å². The Hall–Kier alpha value is -5.13. The molecule has 1 fully saturated rings. The van der Waals surface area contributed by atoms with Crippen molar-refractivity contribution in [3.63, 3.8) is 0 Å². The van der Waals surface area contributed by atoms with Crippen molar-refractivity contribution in [1.82, 2.24) is 28.2 Å². The third-order valence-electron chi connectivity index (χ3n) is 11.1. The summed E-state index contributed by atoms with van der Waals surface area (Å²) in [7, 11) is 1.55. The minimum atomic E-state index is -1.14. The van der Waals surface area contributed by atoms with Gasteiger partial charge in [0, 0.05) is 49.3 Å². The fourth-order valence-corrected chi connectivity index (χ4v) is 7.60. The minimum Gasteiger partial charge on any atom is -1.00 e. The molecule has 8 aromatic rings. The van der Waals surface area contributed by atoms with Crippen molar-refractivity contribution in [2.45, 2.75) is 72.6 Å². The first kappa shape index (κ1) is 67.9. The Kier molecular flexibility index (Phi) is 31.2. The van der Waals surface area contributed by atoms with Gasteiger partial charge < -0.3 is 64.1 Å². The fraction of sp³-hybridized carbons (Fsp3) is 0.250. The molecule has 0 saturated carbocycles. The number of aliphatic hydroxyl groups is 1. The van der Waals surface area contributed by atoms with Crippen LogP contribution in [0.4, 0.5) is 8.78 Å². The molecule has 4 aromatic heterocycles. The van der Waals surface area contributed by atoms with E-state index in [0.717, 1.165) is 53.4 Å². The number of methoxy groups -OCH3 is 1. The number of carbonyl (C=O) groups is 1. The van der Waals surface area contributed by atoms with Gasteiger partial charge >= 0.3 is 41.9 Å². The molecule has 3 unspecified atom stereocenters. The molecular formula is C56H60BrCl2F2LiMgN6O6. The monoisotopic (exact) mass is 1130 g/mol. The summed E-state index contributed by atoms with van der Waals surface area (Å²) in [6.07, 6.45) is 14.9. The molecule has 0 bridgehead atoms. The Balaban J connectivity index is 0.000000551. The summed E-state index contributed by atoms with van der Waals surface area (Å²) in [6.45, 7) is 13.6. The second-order valence-corrected chi connectivity index (χ2v) is 17.3. The van der Waals surface area contributed by atoms with Crippen LogP contribution in [0, 0.1) is 31.9 Å².